The summed E-state index contributed by atoms with van der Waals surface area (Å²) >= 11 is 0. The number of nitrogens with zero attached hydrogens (tertiary/aromatic N) is 2. The third-order valence-corrected chi connectivity index (χ3v) is 8.90. The maximum absolute atomic E-state index is 4.77. The van der Waals surface area contributed by atoms with Crippen molar-refractivity contribution in [2.24, 2.45) is 50.1 Å². The first-order valence-electron chi connectivity index (χ1n) is 7.86. The van der Waals surface area contributed by atoms with E-state index in [4.69, 9.17) is 10.2 Å². The maximum atomic E-state index is 4.77. The minimum Gasteiger partial charge on any atom is -0.190 e. The fourth-order valence-electron chi connectivity index (χ4n) is 7.54. The third-order valence-electron chi connectivity index (χ3n) is 8.90. The Hall–Kier alpha value is -0.400. The van der Waals surface area contributed by atoms with Crippen molar-refractivity contribution in [3.8, 4) is 0 Å². The molecule has 2 bridgehead atoms. The van der Waals surface area contributed by atoms with Crippen molar-refractivity contribution in [3.05, 3.63) is 0 Å². The molecule has 2 nitrogen and oxygen atoms in total. The van der Waals surface area contributed by atoms with E-state index < -0.39 is 0 Å². The summed E-state index contributed by atoms with van der Waals surface area (Å²) in [6.07, 6.45) is 4.30. The van der Waals surface area contributed by atoms with E-state index in [1.165, 1.54) is 19.3 Å². The lowest BCUT2D eigenvalue weighted by Gasteiger charge is -2.61. The molecule has 4 fully saturated rings. The summed E-state index contributed by atoms with van der Waals surface area (Å²) in [4.78, 5) is 0. The van der Waals surface area contributed by atoms with Crippen LogP contribution in [0.2, 0.25) is 0 Å². The fraction of sp³-hybridized carbons (Fsp3) is 1.00. The van der Waals surface area contributed by atoms with Crippen LogP contribution in [0.4, 0.5) is 0 Å². The van der Waals surface area contributed by atoms with Crippen molar-refractivity contribution in [1.29, 1.82) is 0 Å². The van der Waals surface area contributed by atoms with Gasteiger partial charge in [0.15, 0.2) is 0 Å². The van der Waals surface area contributed by atoms with Crippen molar-refractivity contribution in [3.63, 3.8) is 0 Å². The highest BCUT2D eigenvalue weighted by Crippen LogP contribution is 2.95. The summed E-state index contributed by atoms with van der Waals surface area (Å²) in [6.45, 7) is 10.1. The van der Waals surface area contributed by atoms with Crippen LogP contribution >= 0.6 is 0 Å². The molecule has 18 heavy (non-hydrogen) atoms. The molecule has 4 saturated carbocycles. The molecule has 0 aromatic heterocycles. The van der Waals surface area contributed by atoms with Crippen molar-refractivity contribution in [2.75, 3.05) is 0 Å². The Labute approximate surface area is 110 Å². The van der Waals surface area contributed by atoms with Crippen molar-refractivity contribution in [1.82, 2.24) is 0 Å². The van der Waals surface area contributed by atoms with Crippen LogP contribution in [0.3, 0.4) is 0 Å². The van der Waals surface area contributed by atoms with E-state index in [1.54, 1.807) is 0 Å². The van der Waals surface area contributed by atoms with Gasteiger partial charge in [-0.05, 0) is 52.8 Å². The Kier molecular flexibility index (Phi) is 1.42. The monoisotopic (exact) mass is 244 g/mol. The van der Waals surface area contributed by atoms with E-state index in [0.717, 1.165) is 23.7 Å². The number of hydrogen-bond donors (Lipinski definition) is 0. The SMILES string of the molecule is CC1(C)C2(C)C3C4N=N[C@H]([C@@H]3[C@@]12C)[C@H]1CCCC41. The summed E-state index contributed by atoms with van der Waals surface area (Å²) in [7, 11) is 0. The molecule has 2 heterocycles. The van der Waals surface area contributed by atoms with Gasteiger partial charge in [0.25, 0.3) is 0 Å². The number of rotatable bonds is 0. The average molecular weight is 244 g/mol. The van der Waals surface area contributed by atoms with Crippen LogP contribution in [0.25, 0.3) is 0 Å². The molecule has 4 unspecified atom stereocenters. The Bertz CT molecular complexity index is 441. The molecule has 0 N–H and O–H groups in total. The first-order chi connectivity index (χ1) is 8.46. The molecular formula is C16H24N2. The molecule has 0 saturated heterocycles. The molecule has 0 aromatic carbocycles. The third kappa shape index (κ3) is 0.649. The Balaban J connectivity index is 1.66. The molecule has 2 aliphatic heterocycles. The van der Waals surface area contributed by atoms with Gasteiger partial charge in [0.05, 0.1) is 12.1 Å². The Morgan fingerprint density at radius 3 is 1.67 bits per heavy atom. The molecule has 4 aliphatic carbocycles. The van der Waals surface area contributed by atoms with E-state index in [2.05, 4.69) is 27.7 Å². The van der Waals surface area contributed by atoms with Crippen molar-refractivity contribution < 1.29 is 0 Å². The second-order valence-corrected chi connectivity index (χ2v) is 8.55. The summed E-state index contributed by atoms with van der Waals surface area (Å²) in [6, 6.07) is 1.18. The number of fused-ring (bicyclic) bond motifs is 1. The summed E-state index contributed by atoms with van der Waals surface area (Å²) in [5.41, 5.74) is 1.63. The smallest absolute Gasteiger partial charge is 0.0777 e. The molecule has 2 heteroatoms. The maximum Gasteiger partial charge on any atom is 0.0777 e. The zero-order valence-corrected chi connectivity index (χ0v) is 12.0. The Morgan fingerprint density at radius 1 is 0.778 bits per heavy atom. The molecule has 6 rings (SSSR count). The highest BCUT2D eigenvalue weighted by atomic mass is 15.2. The van der Waals surface area contributed by atoms with Crippen LogP contribution < -0.4 is 0 Å². The summed E-state index contributed by atoms with van der Waals surface area (Å²) in [5.74, 6) is 3.51. The van der Waals surface area contributed by atoms with Gasteiger partial charge in [-0.15, -0.1) is 0 Å². The van der Waals surface area contributed by atoms with E-state index in [0.29, 0.717) is 28.3 Å². The largest absolute Gasteiger partial charge is 0.190 e. The lowest BCUT2D eigenvalue weighted by atomic mass is 9.46. The van der Waals surface area contributed by atoms with Crippen molar-refractivity contribution in [2.45, 2.75) is 59.0 Å². The summed E-state index contributed by atoms with van der Waals surface area (Å²) in [5, 5.41) is 9.53. The first-order valence-corrected chi connectivity index (χ1v) is 7.86. The minimum absolute atomic E-state index is 0.514. The predicted octanol–water partition coefficient (Wildman–Crippen LogP) is 3.92. The van der Waals surface area contributed by atoms with Crippen LogP contribution in [0.5, 0.6) is 0 Å². The molecule has 0 aromatic rings. The zero-order valence-electron chi connectivity index (χ0n) is 12.0. The standard InChI is InChI=1S/C16H24N2/c1-14(2)15(3)10-11(16(14,15)4)13-9-7-5-6-8(9)12(10)17-18-13/h8-13H,5-7H2,1-4H3/t8-,9?,10+,11?,12-,13?,15-,16?/m0/s1. The van der Waals surface area contributed by atoms with Gasteiger partial charge < -0.3 is 0 Å². The topological polar surface area (TPSA) is 24.7 Å². The van der Waals surface area contributed by atoms with Gasteiger partial charge in [-0.25, -0.2) is 0 Å². The lowest BCUT2D eigenvalue weighted by molar-refractivity contribution is -0.114. The van der Waals surface area contributed by atoms with Crippen molar-refractivity contribution >= 4 is 0 Å². The van der Waals surface area contributed by atoms with Gasteiger partial charge in [0, 0.05) is 0 Å². The second-order valence-electron chi connectivity index (χ2n) is 8.55. The van der Waals surface area contributed by atoms with E-state index >= 15 is 0 Å². The number of azo groups is 1. The zero-order chi connectivity index (χ0) is 12.5. The van der Waals surface area contributed by atoms with Gasteiger partial charge in [0.1, 0.15) is 0 Å². The molecule has 0 amide bonds. The van der Waals surface area contributed by atoms with Gasteiger partial charge in [-0.1, -0.05) is 34.1 Å². The van der Waals surface area contributed by atoms with E-state index in [9.17, 15) is 0 Å². The van der Waals surface area contributed by atoms with Crippen LogP contribution in [0, 0.1) is 39.9 Å². The van der Waals surface area contributed by atoms with Crippen LogP contribution in [-0.4, -0.2) is 12.1 Å². The quantitative estimate of drug-likeness (QED) is 0.617. The average Bonchev–Trinajstić information content (AvgIpc) is 2.79. The van der Waals surface area contributed by atoms with Crippen LogP contribution in [0.1, 0.15) is 47.0 Å². The fourth-order valence-corrected chi connectivity index (χ4v) is 7.54. The first kappa shape index (κ1) is 10.4. The van der Waals surface area contributed by atoms with Gasteiger partial charge in [0.2, 0.25) is 0 Å². The highest BCUT2D eigenvalue weighted by molar-refractivity contribution is 5.41. The van der Waals surface area contributed by atoms with Gasteiger partial charge in [-0.2, -0.15) is 10.2 Å². The van der Waals surface area contributed by atoms with Gasteiger partial charge in [-0.3, -0.25) is 0 Å². The van der Waals surface area contributed by atoms with Crippen LogP contribution in [-0.2, 0) is 0 Å². The normalized spacial score (nSPS) is 69.1. The molecule has 0 spiro atoms. The minimum atomic E-state index is 0.514. The second kappa shape index (κ2) is 2.45. The molecule has 8 atom stereocenters. The summed E-state index contributed by atoms with van der Waals surface area (Å²) < 4.78 is 0. The predicted molar refractivity (Wildman–Crippen MR) is 70.2 cm³/mol. The molecule has 6 aliphatic rings. The van der Waals surface area contributed by atoms with Crippen LogP contribution in [0.15, 0.2) is 10.2 Å². The lowest BCUT2D eigenvalue weighted by Crippen LogP contribution is -2.63. The Morgan fingerprint density at radius 2 is 1.22 bits per heavy atom. The van der Waals surface area contributed by atoms with Gasteiger partial charge >= 0.3 is 0 Å². The highest BCUT2D eigenvalue weighted by Gasteiger charge is 2.94. The molecular weight excluding hydrogens is 220 g/mol. The molecule has 98 valence electrons. The number of hydrogen-bond acceptors (Lipinski definition) is 2. The van der Waals surface area contributed by atoms with E-state index in [1.807, 2.05) is 0 Å². The molecule has 0 radical (unpaired) electrons. The van der Waals surface area contributed by atoms with E-state index in [-0.39, 0.29) is 0 Å².